The number of aromatic hydroxyl groups is 1. The molecule has 3 nitrogen and oxygen atoms in total. The van der Waals surface area contributed by atoms with Crippen molar-refractivity contribution in [2.45, 2.75) is 6.92 Å². The highest BCUT2D eigenvalue weighted by molar-refractivity contribution is 5.60. The maximum absolute atomic E-state index is 9.66. The summed E-state index contributed by atoms with van der Waals surface area (Å²) < 4.78 is 0. The summed E-state index contributed by atoms with van der Waals surface area (Å²) in [6.45, 7) is 5.69. The molecule has 0 saturated heterocycles. The summed E-state index contributed by atoms with van der Waals surface area (Å²) in [7, 11) is 0. The smallest absolute Gasteiger partial charge is 0.143 e. The molecular weight excluding hydrogens is 224 g/mol. The number of benzene rings is 2. The van der Waals surface area contributed by atoms with Crippen LogP contribution in [0.5, 0.6) is 5.75 Å². The van der Waals surface area contributed by atoms with Crippen molar-refractivity contribution in [2.75, 3.05) is 0 Å². The number of rotatable bonds is 3. The van der Waals surface area contributed by atoms with Gasteiger partial charge in [0.15, 0.2) is 0 Å². The molecule has 90 valence electrons. The quantitative estimate of drug-likeness (QED) is 0.770. The Kier molecular flexibility index (Phi) is 3.53. The summed E-state index contributed by atoms with van der Waals surface area (Å²) in [5.41, 5.74) is 3.26. The van der Waals surface area contributed by atoms with E-state index in [0.717, 1.165) is 11.3 Å². The molecule has 0 unspecified atom stereocenters. The molecule has 0 atom stereocenters. The van der Waals surface area contributed by atoms with Gasteiger partial charge in [-0.2, -0.15) is 5.11 Å². The van der Waals surface area contributed by atoms with Gasteiger partial charge in [0.05, 0.1) is 5.69 Å². The standard InChI is InChI=1S/C15H14N2O/c1-3-12-6-9-15(18)14(10-12)17-16-13-7-4-11(2)5-8-13/h3-10,18H,1H2,2H3/b17-16+. The van der Waals surface area contributed by atoms with Crippen LogP contribution >= 0.6 is 0 Å². The molecule has 0 spiro atoms. The highest BCUT2D eigenvalue weighted by atomic mass is 16.3. The molecule has 0 bridgehead atoms. The van der Waals surface area contributed by atoms with Gasteiger partial charge < -0.3 is 5.11 Å². The molecular formula is C15H14N2O. The SMILES string of the molecule is C=Cc1ccc(O)c(/N=N/c2ccc(C)cc2)c1. The van der Waals surface area contributed by atoms with Gasteiger partial charge >= 0.3 is 0 Å². The van der Waals surface area contributed by atoms with Crippen molar-refractivity contribution in [3.63, 3.8) is 0 Å². The summed E-state index contributed by atoms with van der Waals surface area (Å²) in [5, 5.41) is 17.8. The van der Waals surface area contributed by atoms with E-state index in [1.54, 1.807) is 24.3 Å². The summed E-state index contributed by atoms with van der Waals surface area (Å²) in [4.78, 5) is 0. The second-order valence-electron chi connectivity index (χ2n) is 3.99. The predicted molar refractivity (Wildman–Crippen MR) is 73.6 cm³/mol. The largest absolute Gasteiger partial charge is 0.506 e. The van der Waals surface area contributed by atoms with Crippen LogP contribution in [0.2, 0.25) is 0 Å². The number of phenolic OH excluding ortho intramolecular Hbond substituents is 1. The summed E-state index contributed by atoms with van der Waals surface area (Å²) in [6.07, 6.45) is 1.70. The molecule has 0 fully saturated rings. The maximum atomic E-state index is 9.66. The van der Waals surface area contributed by atoms with Crippen LogP contribution in [0.15, 0.2) is 59.3 Å². The molecule has 0 aromatic heterocycles. The normalized spacial score (nSPS) is 10.7. The van der Waals surface area contributed by atoms with Crippen LogP contribution in [0, 0.1) is 6.92 Å². The van der Waals surface area contributed by atoms with Gasteiger partial charge in [-0.05, 0) is 36.8 Å². The maximum Gasteiger partial charge on any atom is 0.143 e. The average molecular weight is 238 g/mol. The molecule has 0 saturated carbocycles. The Balaban J connectivity index is 2.27. The summed E-state index contributed by atoms with van der Waals surface area (Å²) in [6, 6.07) is 12.8. The number of azo groups is 1. The fourth-order valence-corrected chi connectivity index (χ4v) is 1.47. The molecule has 2 rings (SSSR count). The van der Waals surface area contributed by atoms with E-state index in [9.17, 15) is 5.11 Å². The fourth-order valence-electron chi connectivity index (χ4n) is 1.47. The Bertz CT molecular complexity index is 586. The van der Waals surface area contributed by atoms with Gasteiger partial charge in [-0.25, -0.2) is 0 Å². The first-order chi connectivity index (χ1) is 8.69. The molecule has 1 N–H and O–H groups in total. The van der Waals surface area contributed by atoms with Gasteiger partial charge in [-0.1, -0.05) is 36.4 Å². The summed E-state index contributed by atoms with van der Waals surface area (Å²) in [5.74, 6) is 0.108. The van der Waals surface area contributed by atoms with Gasteiger partial charge in [0.1, 0.15) is 11.4 Å². The Morgan fingerprint density at radius 1 is 1.06 bits per heavy atom. The molecule has 0 aliphatic carbocycles. The van der Waals surface area contributed by atoms with Crippen LogP contribution in [0.1, 0.15) is 11.1 Å². The second-order valence-corrected chi connectivity index (χ2v) is 3.99. The lowest BCUT2D eigenvalue weighted by Crippen LogP contribution is -1.73. The van der Waals surface area contributed by atoms with E-state index in [1.165, 1.54) is 5.56 Å². The van der Waals surface area contributed by atoms with Crippen LogP contribution in [-0.2, 0) is 0 Å². The molecule has 0 aliphatic rings. The van der Waals surface area contributed by atoms with E-state index in [1.807, 2.05) is 31.2 Å². The van der Waals surface area contributed by atoms with Gasteiger partial charge in [-0.15, -0.1) is 5.11 Å². The highest BCUT2D eigenvalue weighted by Gasteiger charge is 2.00. The number of hydrogen-bond acceptors (Lipinski definition) is 3. The van der Waals surface area contributed by atoms with Crippen LogP contribution in [0.3, 0.4) is 0 Å². The van der Waals surface area contributed by atoms with Gasteiger partial charge in [0.25, 0.3) is 0 Å². The van der Waals surface area contributed by atoms with Crippen LogP contribution in [-0.4, -0.2) is 5.11 Å². The number of hydrogen-bond donors (Lipinski definition) is 1. The van der Waals surface area contributed by atoms with Crippen molar-refractivity contribution in [1.29, 1.82) is 0 Å². The van der Waals surface area contributed by atoms with Crippen molar-refractivity contribution >= 4 is 17.5 Å². The van der Waals surface area contributed by atoms with E-state index >= 15 is 0 Å². The fraction of sp³-hybridized carbons (Fsp3) is 0.0667. The molecule has 0 aliphatic heterocycles. The first-order valence-electron chi connectivity index (χ1n) is 5.63. The van der Waals surface area contributed by atoms with E-state index in [0.29, 0.717) is 5.69 Å². The van der Waals surface area contributed by atoms with E-state index in [2.05, 4.69) is 16.8 Å². The van der Waals surface area contributed by atoms with Crippen molar-refractivity contribution in [2.24, 2.45) is 10.2 Å². The third kappa shape index (κ3) is 2.83. The molecule has 3 heteroatoms. The first-order valence-corrected chi connectivity index (χ1v) is 5.63. The second kappa shape index (κ2) is 5.27. The van der Waals surface area contributed by atoms with Crippen LogP contribution < -0.4 is 0 Å². The molecule has 0 radical (unpaired) electrons. The Morgan fingerprint density at radius 2 is 1.78 bits per heavy atom. The topological polar surface area (TPSA) is 45.0 Å². The first kappa shape index (κ1) is 12.0. The minimum absolute atomic E-state index is 0.108. The predicted octanol–water partition coefficient (Wildman–Crippen LogP) is 4.76. The minimum Gasteiger partial charge on any atom is -0.506 e. The molecule has 2 aromatic carbocycles. The van der Waals surface area contributed by atoms with E-state index in [-0.39, 0.29) is 5.75 Å². The lowest BCUT2D eigenvalue weighted by Gasteiger charge is -1.99. The zero-order chi connectivity index (χ0) is 13.0. The minimum atomic E-state index is 0.108. The molecule has 2 aromatic rings. The Labute approximate surface area is 106 Å². The highest BCUT2D eigenvalue weighted by Crippen LogP contribution is 2.29. The van der Waals surface area contributed by atoms with Gasteiger partial charge in [-0.3, -0.25) is 0 Å². The van der Waals surface area contributed by atoms with E-state index < -0.39 is 0 Å². The monoisotopic (exact) mass is 238 g/mol. The van der Waals surface area contributed by atoms with Gasteiger partial charge in [0, 0.05) is 0 Å². The van der Waals surface area contributed by atoms with Crippen molar-refractivity contribution < 1.29 is 5.11 Å². The van der Waals surface area contributed by atoms with E-state index in [4.69, 9.17) is 0 Å². The lowest BCUT2D eigenvalue weighted by molar-refractivity contribution is 0.476. The zero-order valence-corrected chi connectivity index (χ0v) is 10.2. The zero-order valence-electron chi connectivity index (χ0n) is 10.2. The third-order valence-corrected chi connectivity index (χ3v) is 2.54. The number of phenols is 1. The summed E-state index contributed by atoms with van der Waals surface area (Å²) >= 11 is 0. The average Bonchev–Trinajstić information content (AvgIpc) is 2.40. The third-order valence-electron chi connectivity index (χ3n) is 2.54. The van der Waals surface area contributed by atoms with Crippen molar-refractivity contribution in [1.82, 2.24) is 0 Å². The van der Waals surface area contributed by atoms with Crippen molar-refractivity contribution in [3.05, 3.63) is 60.2 Å². The molecule has 0 heterocycles. The van der Waals surface area contributed by atoms with Crippen LogP contribution in [0.25, 0.3) is 6.08 Å². The Morgan fingerprint density at radius 3 is 2.44 bits per heavy atom. The lowest BCUT2D eigenvalue weighted by atomic mass is 10.2. The number of aryl methyl sites for hydroxylation is 1. The van der Waals surface area contributed by atoms with Crippen LogP contribution in [0.4, 0.5) is 11.4 Å². The molecule has 18 heavy (non-hydrogen) atoms. The van der Waals surface area contributed by atoms with Crippen molar-refractivity contribution in [3.8, 4) is 5.75 Å². The Hall–Kier alpha value is -2.42. The number of nitrogens with zero attached hydrogens (tertiary/aromatic N) is 2. The molecule has 0 amide bonds. The van der Waals surface area contributed by atoms with Gasteiger partial charge in [0.2, 0.25) is 0 Å².